The van der Waals surface area contributed by atoms with Gasteiger partial charge in [-0.15, -0.1) is 0 Å². The first-order valence-electron chi connectivity index (χ1n) is 20.0. The van der Waals surface area contributed by atoms with E-state index in [1.807, 2.05) is 24.1 Å². The number of carbonyl (C=O) groups excluding carboxylic acids is 1. The largest absolute Gasteiger partial charge is 0.508 e. The van der Waals surface area contributed by atoms with Gasteiger partial charge in [0.25, 0.3) is 0 Å². The number of nitrogens with one attached hydrogen (secondary N) is 1. The lowest BCUT2D eigenvalue weighted by molar-refractivity contribution is -0.371. The molecule has 7 atom stereocenters. The van der Waals surface area contributed by atoms with Gasteiger partial charge >= 0.3 is 0 Å². The number of ether oxygens (including phenoxy) is 1. The van der Waals surface area contributed by atoms with Gasteiger partial charge in [-0.1, -0.05) is 25.0 Å². The normalized spacial score (nSPS) is 25.8. The first kappa shape index (κ1) is 40.2. The van der Waals surface area contributed by atoms with E-state index < -0.39 is 54.2 Å². The van der Waals surface area contributed by atoms with E-state index in [-0.39, 0.29) is 35.8 Å². The second kappa shape index (κ2) is 15.5. The molecule has 1 spiro atoms. The van der Waals surface area contributed by atoms with Gasteiger partial charge in [-0.3, -0.25) is 14.6 Å². The van der Waals surface area contributed by atoms with Crippen molar-refractivity contribution in [1.29, 1.82) is 0 Å². The lowest BCUT2D eigenvalue weighted by Crippen LogP contribution is -2.58. The van der Waals surface area contributed by atoms with E-state index >= 15 is 0 Å². The molecule has 310 valence electrons. The Morgan fingerprint density at radius 1 is 1.12 bits per heavy atom. The van der Waals surface area contributed by atoms with Crippen molar-refractivity contribution in [2.75, 3.05) is 31.2 Å². The topological polar surface area (TPSA) is 224 Å². The number of aliphatic hydroxyl groups is 5. The zero-order chi connectivity index (χ0) is 41.0. The first-order valence-corrected chi connectivity index (χ1v) is 20.0. The van der Waals surface area contributed by atoms with Crippen LogP contribution in [-0.2, 0) is 27.4 Å². The number of aryl methyl sites for hydroxylation is 1. The van der Waals surface area contributed by atoms with Crippen LogP contribution in [0.4, 0.5) is 5.69 Å². The second-order valence-electron chi connectivity index (χ2n) is 16.8. The number of fused-ring (bicyclic) bond motifs is 3. The fraction of sp³-hybridized carbons (Fsp3) is 0.512. The van der Waals surface area contributed by atoms with Crippen molar-refractivity contribution in [3.8, 4) is 11.5 Å². The quantitative estimate of drug-likeness (QED) is 0.0922. The van der Waals surface area contributed by atoms with Crippen LogP contribution in [0.1, 0.15) is 62.3 Å². The number of carbonyl (C=O) groups is 1. The van der Waals surface area contributed by atoms with Crippen LogP contribution in [0.5, 0.6) is 11.5 Å². The van der Waals surface area contributed by atoms with Crippen molar-refractivity contribution < 1.29 is 54.4 Å². The number of aromatic hydroxyl groups is 1. The van der Waals surface area contributed by atoms with E-state index in [0.717, 1.165) is 37.0 Å². The van der Waals surface area contributed by atoms with Crippen molar-refractivity contribution in [2.24, 2.45) is 16.3 Å². The molecule has 58 heavy (non-hydrogen) atoms. The summed E-state index contributed by atoms with van der Waals surface area (Å²) in [5, 5.41) is 66.8. The van der Waals surface area contributed by atoms with Gasteiger partial charge in [0.1, 0.15) is 59.4 Å². The van der Waals surface area contributed by atoms with Gasteiger partial charge in [-0.2, -0.15) is 0 Å². The lowest BCUT2D eigenvalue weighted by atomic mass is 9.72. The predicted octanol–water partition coefficient (Wildman–Crippen LogP) is 2.63. The molecular weight excluding hydrogens is 750 g/mol. The standard InChI is InChI=1S/C43H51N3O12/c1-24-15-32(49)30-16-27-17-34(58-55-23-43(54,39(52)36(51)33(50)22-47)18-25-5-7-29(48)8-6-25)41(2,13-9-28-19-45-40(53)42(28)11-3-4-12-42)57-37(27)35(38(30)56-24)46-20-26-10-14-44-31(26)21-46/h5-8,10,14-16,20,28,33-34,36,39,47-48,50-52,54H,3-4,9,11-13,17-19,21-23H2,1-2H3,(H,45,53). The summed E-state index contributed by atoms with van der Waals surface area (Å²) in [6, 6.07) is 9.03. The number of hydrogen-bond acceptors (Lipinski definition) is 14. The Morgan fingerprint density at radius 3 is 2.60 bits per heavy atom. The molecule has 1 amide bonds. The summed E-state index contributed by atoms with van der Waals surface area (Å²) in [5.74, 6) is 1.07. The average molecular weight is 802 g/mol. The maximum atomic E-state index is 13.5. The third-order valence-electron chi connectivity index (χ3n) is 12.9. The minimum atomic E-state index is -2.26. The molecule has 0 bridgehead atoms. The Balaban J connectivity index is 1.14. The number of rotatable bonds is 14. The SMILES string of the molecule is Cc1cc(=O)c2cc3c(c(N4C=C5C=CN=C5C4)c2o1)OC(C)(CCC1CNC(=O)C12CCCC2)C(OOCC(O)(Cc1ccc(O)cc1)C(O)C(O)C(O)CO)C3. The van der Waals surface area contributed by atoms with Gasteiger partial charge < -0.3 is 50.0 Å². The zero-order valence-electron chi connectivity index (χ0n) is 32.6. The molecule has 2 aromatic carbocycles. The van der Waals surface area contributed by atoms with Crippen molar-refractivity contribution >= 4 is 28.3 Å². The van der Waals surface area contributed by atoms with Crippen molar-refractivity contribution in [1.82, 2.24) is 5.32 Å². The summed E-state index contributed by atoms with van der Waals surface area (Å²) in [5.41, 5.74) is -0.196. The molecule has 0 radical (unpaired) electrons. The number of allylic oxidation sites excluding steroid dienone is 1. The monoisotopic (exact) mass is 801 g/mol. The molecule has 4 aliphatic heterocycles. The summed E-state index contributed by atoms with van der Waals surface area (Å²) in [7, 11) is 0. The molecule has 1 aromatic heterocycles. The number of phenols is 1. The predicted molar refractivity (Wildman–Crippen MR) is 211 cm³/mol. The summed E-state index contributed by atoms with van der Waals surface area (Å²) >= 11 is 0. The number of aliphatic imine (C=N–C) groups is 1. The van der Waals surface area contributed by atoms with Crippen LogP contribution in [0.2, 0.25) is 0 Å². The van der Waals surface area contributed by atoms with Gasteiger partial charge in [-0.25, -0.2) is 9.78 Å². The molecule has 2 fully saturated rings. The molecule has 15 nitrogen and oxygen atoms in total. The fourth-order valence-electron chi connectivity index (χ4n) is 9.48. The molecule has 5 aliphatic rings. The van der Waals surface area contributed by atoms with E-state index in [1.54, 1.807) is 19.2 Å². The average Bonchev–Trinajstić information content (AvgIpc) is 4.01. The molecular formula is C43H51N3O12. The minimum Gasteiger partial charge on any atom is -0.508 e. The second-order valence-corrected chi connectivity index (χ2v) is 16.8. The van der Waals surface area contributed by atoms with Gasteiger partial charge in [0.2, 0.25) is 5.91 Å². The zero-order valence-corrected chi connectivity index (χ0v) is 32.6. The Kier molecular flexibility index (Phi) is 10.8. The molecule has 15 heteroatoms. The smallest absolute Gasteiger partial charge is 0.226 e. The summed E-state index contributed by atoms with van der Waals surface area (Å²) in [6.45, 7) is 3.02. The van der Waals surface area contributed by atoms with Crippen LogP contribution in [0.25, 0.3) is 11.0 Å². The van der Waals surface area contributed by atoms with Gasteiger partial charge in [0.15, 0.2) is 16.8 Å². The number of amides is 1. The third kappa shape index (κ3) is 7.22. The Morgan fingerprint density at radius 2 is 1.88 bits per heavy atom. The molecule has 7 N–H and O–H groups in total. The molecule has 8 rings (SSSR count). The number of nitrogens with zero attached hydrogens (tertiary/aromatic N) is 2. The van der Waals surface area contributed by atoms with Gasteiger partial charge in [0.05, 0.1) is 29.7 Å². The molecule has 1 saturated heterocycles. The Bertz CT molecular complexity index is 2210. The van der Waals surface area contributed by atoms with E-state index in [4.69, 9.17) is 18.9 Å². The van der Waals surface area contributed by atoms with E-state index in [0.29, 0.717) is 65.2 Å². The van der Waals surface area contributed by atoms with E-state index in [2.05, 4.69) is 10.3 Å². The number of aliphatic hydroxyl groups excluding tert-OH is 4. The molecule has 3 aromatic rings. The Hall–Kier alpha value is -4.61. The first-order chi connectivity index (χ1) is 27.7. The summed E-state index contributed by atoms with van der Waals surface area (Å²) in [6.07, 6.45) is 3.56. The maximum Gasteiger partial charge on any atom is 0.226 e. The lowest BCUT2D eigenvalue weighted by Gasteiger charge is -2.44. The van der Waals surface area contributed by atoms with Crippen LogP contribution in [0, 0.1) is 18.3 Å². The van der Waals surface area contributed by atoms with Crippen molar-refractivity contribution in [3.63, 3.8) is 0 Å². The highest BCUT2D eigenvalue weighted by atomic mass is 17.2. The molecule has 1 saturated carbocycles. The van der Waals surface area contributed by atoms with Crippen LogP contribution < -0.4 is 20.4 Å². The van der Waals surface area contributed by atoms with Crippen molar-refractivity contribution in [2.45, 2.75) is 101 Å². The maximum absolute atomic E-state index is 13.5. The molecule has 7 unspecified atom stereocenters. The Labute approximate surface area is 334 Å². The van der Waals surface area contributed by atoms with Crippen LogP contribution in [-0.4, -0.2) is 104 Å². The van der Waals surface area contributed by atoms with Gasteiger partial charge in [0, 0.05) is 49.0 Å². The highest BCUT2D eigenvalue weighted by molar-refractivity contribution is 6.12. The van der Waals surface area contributed by atoms with Crippen LogP contribution in [0.15, 0.2) is 74.7 Å². The highest BCUT2D eigenvalue weighted by Crippen LogP contribution is 2.52. The van der Waals surface area contributed by atoms with Crippen LogP contribution in [0.3, 0.4) is 0 Å². The molecule has 1 aliphatic carbocycles. The third-order valence-corrected chi connectivity index (χ3v) is 12.9. The highest BCUT2D eigenvalue weighted by Gasteiger charge is 2.53. The molecule has 5 heterocycles. The van der Waals surface area contributed by atoms with Crippen molar-refractivity contribution in [3.05, 3.63) is 87.6 Å². The van der Waals surface area contributed by atoms with Gasteiger partial charge in [-0.05, 0) is 75.3 Å². The number of benzene rings is 2. The number of hydrogen-bond donors (Lipinski definition) is 7. The van der Waals surface area contributed by atoms with Crippen LogP contribution >= 0.6 is 0 Å². The summed E-state index contributed by atoms with van der Waals surface area (Å²) in [4.78, 5) is 45.3. The number of anilines is 1. The number of phenolic OH excluding ortho intramolecular Hbond substituents is 1. The van der Waals surface area contributed by atoms with E-state index in [9.17, 15) is 40.2 Å². The van der Waals surface area contributed by atoms with E-state index in [1.165, 1.54) is 30.3 Å². The summed E-state index contributed by atoms with van der Waals surface area (Å²) < 4.78 is 13.4. The minimum absolute atomic E-state index is 0.0182. The fourth-order valence-corrected chi connectivity index (χ4v) is 9.48.